The van der Waals surface area contributed by atoms with E-state index in [2.05, 4.69) is 5.32 Å². The van der Waals surface area contributed by atoms with Crippen molar-refractivity contribution in [3.8, 4) is 0 Å². The van der Waals surface area contributed by atoms with E-state index in [-0.39, 0.29) is 11.8 Å². The second-order valence-corrected chi connectivity index (χ2v) is 5.75. The van der Waals surface area contributed by atoms with Gasteiger partial charge in [-0.1, -0.05) is 19.1 Å². The highest BCUT2D eigenvalue weighted by molar-refractivity contribution is 5.95. The molecule has 0 heterocycles. The molecule has 1 aliphatic carbocycles. The van der Waals surface area contributed by atoms with E-state index in [0.29, 0.717) is 25.1 Å². The molecule has 3 atom stereocenters. The van der Waals surface area contributed by atoms with Crippen LogP contribution in [-0.2, 0) is 20.9 Å². The third kappa shape index (κ3) is 3.82. The Balaban J connectivity index is 2.07. The topological polar surface area (TPSA) is 75.6 Å². The number of amides is 1. The van der Waals surface area contributed by atoms with E-state index in [1.807, 2.05) is 25.1 Å². The van der Waals surface area contributed by atoms with Gasteiger partial charge < -0.3 is 15.2 Å². The van der Waals surface area contributed by atoms with Crippen molar-refractivity contribution >= 4 is 17.6 Å². The van der Waals surface area contributed by atoms with Crippen LogP contribution in [0.3, 0.4) is 0 Å². The second kappa shape index (κ2) is 6.72. The van der Waals surface area contributed by atoms with E-state index in [0.717, 1.165) is 5.56 Å². The molecule has 1 saturated carbocycles. The molecule has 1 amide bonds. The summed E-state index contributed by atoms with van der Waals surface area (Å²) in [6, 6.07) is 7.40. The molecule has 5 nitrogen and oxygen atoms in total. The van der Waals surface area contributed by atoms with Crippen LogP contribution >= 0.6 is 0 Å². The molecule has 114 valence electrons. The molecular weight excluding hydrogens is 270 g/mol. The summed E-state index contributed by atoms with van der Waals surface area (Å²) in [5, 5.41) is 12.1. The summed E-state index contributed by atoms with van der Waals surface area (Å²) in [7, 11) is 1.61. The maximum absolute atomic E-state index is 12.3. The Hall–Kier alpha value is -1.88. The Morgan fingerprint density at radius 1 is 1.33 bits per heavy atom. The van der Waals surface area contributed by atoms with E-state index in [1.165, 1.54) is 0 Å². The number of carboxylic acid groups (broad SMARTS) is 1. The Morgan fingerprint density at radius 3 is 2.71 bits per heavy atom. The molecule has 0 spiro atoms. The Kier molecular flexibility index (Phi) is 4.96. The molecule has 2 rings (SSSR count). The van der Waals surface area contributed by atoms with Gasteiger partial charge in [-0.3, -0.25) is 9.59 Å². The summed E-state index contributed by atoms with van der Waals surface area (Å²) in [5.41, 5.74) is 1.64. The first-order valence-electron chi connectivity index (χ1n) is 7.12. The van der Waals surface area contributed by atoms with Gasteiger partial charge in [0.1, 0.15) is 0 Å². The molecule has 2 N–H and O–H groups in total. The van der Waals surface area contributed by atoms with Gasteiger partial charge in [-0.2, -0.15) is 0 Å². The van der Waals surface area contributed by atoms with E-state index in [1.54, 1.807) is 13.2 Å². The highest BCUT2D eigenvalue weighted by Gasteiger charge is 2.41. The lowest BCUT2D eigenvalue weighted by molar-refractivity contribution is -0.145. The molecule has 1 aromatic carbocycles. The van der Waals surface area contributed by atoms with Crippen molar-refractivity contribution in [2.75, 3.05) is 12.4 Å². The first kappa shape index (κ1) is 15.5. The lowest BCUT2D eigenvalue weighted by Gasteiger charge is -2.16. The first-order chi connectivity index (χ1) is 10.0. The number of rotatable bonds is 5. The minimum Gasteiger partial charge on any atom is -0.481 e. The molecule has 1 fully saturated rings. The van der Waals surface area contributed by atoms with Gasteiger partial charge in [0, 0.05) is 12.8 Å². The predicted octanol–water partition coefficient (Wildman–Crippen LogP) is 2.52. The van der Waals surface area contributed by atoms with Crippen LogP contribution in [0.25, 0.3) is 0 Å². The fourth-order valence-electron chi connectivity index (χ4n) is 2.99. The van der Waals surface area contributed by atoms with E-state index in [4.69, 9.17) is 4.74 Å². The van der Waals surface area contributed by atoms with Gasteiger partial charge >= 0.3 is 5.97 Å². The van der Waals surface area contributed by atoms with Crippen molar-refractivity contribution in [1.29, 1.82) is 0 Å². The van der Waals surface area contributed by atoms with Crippen LogP contribution in [0.15, 0.2) is 24.3 Å². The summed E-state index contributed by atoms with van der Waals surface area (Å²) < 4.78 is 5.06. The number of hydrogen-bond donors (Lipinski definition) is 2. The van der Waals surface area contributed by atoms with Gasteiger partial charge in [0.25, 0.3) is 0 Å². The summed E-state index contributed by atoms with van der Waals surface area (Å²) in [6.07, 6.45) is 1.19. The minimum absolute atomic E-state index is 0.207. The summed E-state index contributed by atoms with van der Waals surface area (Å²) in [4.78, 5) is 23.6. The molecule has 0 aromatic heterocycles. The standard InChI is InChI=1S/C16H21NO4/c1-10-6-13(14(7-10)16(19)20)15(18)17-12-5-3-4-11(8-12)9-21-2/h3-5,8,10,13-14H,6-7,9H2,1-2H3,(H,17,18)(H,19,20)/t10?,13-,14+/m0/s1. The molecule has 1 aliphatic rings. The van der Waals surface area contributed by atoms with Gasteiger partial charge in [-0.05, 0) is 36.5 Å². The number of ether oxygens (including phenoxy) is 1. The fraction of sp³-hybridized carbons (Fsp3) is 0.500. The van der Waals surface area contributed by atoms with Crippen LogP contribution in [-0.4, -0.2) is 24.1 Å². The van der Waals surface area contributed by atoms with Crippen LogP contribution in [0.2, 0.25) is 0 Å². The zero-order valence-electron chi connectivity index (χ0n) is 12.3. The van der Waals surface area contributed by atoms with Crippen molar-refractivity contribution in [3.63, 3.8) is 0 Å². The van der Waals surface area contributed by atoms with Crippen LogP contribution in [0.4, 0.5) is 5.69 Å². The van der Waals surface area contributed by atoms with Gasteiger partial charge in [0.2, 0.25) is 5.91 Å². The third-order valence-corrected chi connectivity index (χ3v) is 3.96. The van der Waals surface area contributed by atoms with Crippen LogP contribution < -0.4 is 5.32 Å². The first-order valence-corrected chi connectivity index (χ1v) is 7.12. The molecule has 21 heavy (non-hydrogen) atoms. The van der Waals surface area contributed by atoms with Crippen molar-refractivity contribution in [2.24, 2.45) is 17.8 Å². The van der Waals surface area contributed by atoms with Crippen LogP contribution in [0.1, 0.15) is 25.3 Å². The molecular formula is C16H21NO4. The summed E-state index contributed by atoms with van der Waals surface area (Å²) in [6.45, 7) is 2.46. The Bertz CT molecular complexity index is 529. The largest absolute Gasteiger partial charge is 0.481 e. The monoisotopic (exact) mass is 291 g/mol. The van der Waals surface area contributed by atoms with E-state index < -0.39 is 17.8 Å². The second-order valence-electron chi connectivity index (χ2n) is 5.75. The number of anilines is 1. The number of methoxy groups -OCH3 is 1. The maximum Gasteiger partial charge on any atom is 0.307 e. The maximum atomic E-state index is 12.3. The SMILES string of the molecule is COCc1cccc(NC(=O)[C@H]2CC(C)C[C@H]2C(=O)O)c1. The van der Waals surface area contributed by atoms with Crippen LogP contribution in [0.5, 0.6) is 0 Å². The fourth-order valence-corrected chi connectivity index (χ4v) is 2.99. The number of aliphatic carboxylic acids is 1. The van der Waals surface area contributed by atoms with Crippen molar-refractivity contribution in [2.45, 2.75) is 26.4 Å². The predicted molar refractivity (Wildman–Crippen MR) is 78.8 cm³/mol. The minimum atomic E-state index is -0.882. The summed E-state index contributed by atoms with van der Waals surface area (Å²) in [5.74, 6) is -1.86. The molecule has 0 aliphatic heterocycles. The molecule has 5 heteroatoms. The van der Waals surface area contributed by atoms with Gasteiger partial charge in [-0.15, -0.1) is 0 Å². The average Bonchev–Trinajstić information content (AvgIpc) is 2.82. The average molecular weight is 291 g/mol. The number of nitrogens with one attached hydrogen (secondary N) is 1. The van der Waals surface area contributed by atoms with Crippen molar-refractivity contribution in [1.82, 2.24) is 0 Å². The molecule has 0 radical (unpaired) electrons. The van der Waals surface area contributed by atoms with Gasteiger partial charge in [0.05, 0.1) is 18.4 Å². The number of benzene rings is 1. The van der Waals surface area contributed by atoms with Gasteiger partial charge in [0.15, 0.2) is 0 Å². The number of carboxylic acids is 1. The molecule has 0 bridgehead atoms. The van der Waals surface area contributed by atoms with E-state index >= 15 is 0 Å². The number of carbonyl (C=O) groups is 2. The quantitative estimate of drug-likeness (QED) is 0.874. The normalized spacial score (nSPS) is 24.8. The number of carbonyl (C=O) groups excluding carboxylic acids is 1. The van der Waals surface area contributed by atoms with Crippen molar-refractivity contribution in [3.05, 3.63) is 29.8 Å². The highest BCUT2D eigenvalue weighted by Crippen LogP contribution is 2.37. The Labute approximate surface area is 124 Å². The zero-order valence-corrected chi connectivity index (χ0v) is 12.3. The molecule has 0 saturated heterocycles. The lowest BCUT2D eigenvalue weighted by atomic mass is 9.95. The lowest BCUT2D eigenvalue weighted by Crippen LogP contribution is -2.30. The van der Waals surface area contributed by atoms with Crippen molar-refractivity contribution < 1.29 is 19.4 Å². The van der Waals surface area contributed by atoms with Crippen LogP contribution in [0, 0.1) is 17.8 Å². The van der Waals surface area contributed by atoms with Gasteiger partial charge in [-0.25, -0.2) is 0 Å². The summed E-state index contributed by atoms with van der Waals surface area (Å²) >= 11 is 0. The zero-order chi connectivity index (χ0) is 15.4. The molecule has 1 unspecified atom stereocenters. The molecule has 1 aromatic rings. The Morgan fingerprint density at radius 2 is 2.05 bits per heavy atom. The third-order valence-electron chi connectivity index (χ3n) is 3.96. The van der Waals surface area contributed by atoms with E-state index in [9.17, 15) is 14.7 Å². The highest BCUT2D eigenvalue weighted by atomic mass is 16.5. The number of hydrogen-bond acceptors (Lipinski definition) is 3. The smallest absolute Gasteiger partial charge is 0.307 e.